The van der Waals surface area contributed by atoms with Crippen LogP contribution in [-0.4, -0.2) is 30.3 Å². The van der Waals surface area contributed by atoms with Crippen LogP contribution in [-0.2, 0) is 9.59 Å². The smallest absolute Gasteiger partial charge is 0.367 e. The van der Waals surface area contributed by atoms with Crippen molar-refractivity contribution in [3.05, 3.63) is 0 Å². The van der Waals surface area contributed by atoms with Gasteiger partial charge in [-0.15, -0.1) is 0 Å². The zero-order chi connectivity index (χ0) is 7.56. The van der Waals surface area contributed by atoms with Gasteiger partial charge < -0.3 is 5.73 Å². The molecule has 6 heteroatoms. The Morgan fingerprint density at radius 2 is 2.18 bits per heavy atom. The molecular formula is C5H5N3NaO2+. The van der Waals surface area contributed by atoms with Crippen molar-refractivity contribution < 1.29 is 39.1 Å². The summed E-state index contributed by atoms with van der Waals surface area (Å²) < 4.78 is 0. The fourth-order valence-electron chi connectivity index (χ4n) is 0.561. The topological polar surface area (TPSA) is 84.9 Å². The Labute approximate surface area is 85.1 Å². The van der Waals surface area contributed by atoms with E-state index in [9.17, 15) is 9.59 Å². The van der Waals surface area contributed by atoms with Crippen LogP contribution in [0.2, 0.25) is 0 Å². The largest absolute Gasteiger partial charge is 1.00 e. The van der Waals surface area contributed by atoms with Gasteiger partial charge in [0.15, 0.2) is 0 Å². The Hall–Kier alpha value is -0.520. The number of carbonyl (C=O) groups excluding carboxylic acids is 2. The minimum atomic E-state index is -1.11. The van der Waals surface area contributed by atoms with E-state index in [1.165, 1.54) is 12.4 Å². The van der Waals surface area contributed by atoms with Crippen molar-refractivity contribution in [2.24, 2.45) is 15.7 Å². The quantitative estimate of drug-likeness (QED) is 0.311. The molecule has 1 atom stereocenters. The van der Waals surface area contributed by atoms with Crippen LogP contribution < -0.4 is 35.3 Å². The number of hydrogen-bond acceptors (Lipinski definition) is 3. The summed E-state index contributed by atoms with van der Waals surface area (Å²) in [5.41, 5.74) is 4.81. The standard InChI is InChI=1S/C5H5N3O2.Na/c6-4(9)3-5(10)8-2-1-7-3;/h1-3H,(H2,6,9);/q;+1. The van der Waals surface area contributed by atoms with E-state index in [1.54, 1.807) is 0 Å². The number of rotatable bonds is 1. The third-order valence-electron chi connectivity index (χ3n) is 1.01. The van der Waals surface area contributed by atoms with E-state index >= 15 is 0 Å². The summed E-state index contributed by atoms with van der Waals surface area (Å²) in [5, 5.41) is 0. The molecule has 11 heavy (non-hydrogen) atoms. The molecule has 52 valence electrons. The summed E-state index contributed by atoms with van der Waals surface area (Å²) in [7, 11) is 0. The minimum Gasteiger partial charge on any atom is -0.367 e. The van der Waals surface area contributed by atoms with Gasteiger partial charge in [0.2, 0.25) is 6.04 Å². The van der Waals surface area contributed by atoms with Crippen molar-refractivity contribution in [3.63, 3.8) is 0 Å². The minimum absolute atomic E-state index is 0. The monoisotopic (exact) mass is 162 g/mol. The van der Waals surface area contributed by atoms with Crippen LogP contribution in [0.5, 0.6) is 0 Å². The van der Waals surface area contributed by atoms with E-state index in [-0.39, 0.29) is 29.6 Å². The molecule has 0 aromatic heterocycles. The summed E-state index contributed by atoms with van der Waals surface area (Å²) in [4.78, 5) is 27.8. The van der Waals surface area contributed by atoms with Crippen molar-refractivity contribution in [1.82, 2.24) is 0 Å². The Morgan fingerprint density at radius 1 is 1.55 bits per heavy atom. The molecule has 2 amide bonds. The second-order valence-corrected chi connectivity index (χ2v) is 1.72. The maximum Gasteiger partial charge on any atom is 1.00 e. The molecule has 1 aliphatic rings. The third-order valence-corrected chi connectivity index (χ3v) is 1.01. The molecule has 0 saturated carbocycles. The molecule has 5 nitrogen and oxygen atoms in total. The number of nitrogens with two attached hydrogens (primary N) is 1. The van der Waals surface area contributed by atoms with Crippen LogP contribution >= 0.6 is 0 Å². The molecular weight excluding hydrogens is 157 g/mol. The van der Waals surface area contributed by atoms with Crippen LogP contribution in [0.15, 0.2) is 9.98 Å². The normalized spacial score (nSPS) is 21.1. The van der Waals surface area contributed by atoms with Gasteiger partial charge in [-0.05, 0) is 0 Å². The van der Waals surface area contributed by atoms with E-state index in [1.807, 2.05) is 0 Å². The molecule has 0 radical (unpaired) electrons. The first-order valence-corrected chi connectivity index (χ1v) is 2.61. The fourth-order valence-corrected chi connectivity index (χ4v) is 0.561. The first kappa shape index (κ1) is 10.5. The third kappa shape index (κ3) is 2.53. The van der Waals surface area contributed by atoms with Gasteiger partial charge in [-0.1, -0.05) is 0 Å². The van der Waals surface area contributed by atoms with Crippen molar-refractivity contribution in [2.75, 3.05) is 0 Å². The van der Waals surface area contributed by atoms with Gasteiger partial charge >= 0.3 is 29.6 Å². The maximum atomic E-state index is 10.6. The molecule has 0 aromatic carbocycles. The van der Waals surface area contributed by atoms with Crippen LogP contribution in [0.4, 0.5) is 0 Å². The van der Waals surface area contributed by atoms with Gasteiger partial charge in [0.05, 0.1) is 0 Å². The van der Waals surface area contributed by atoms with E-state index in [2.05, 4.69) is 9.98 Å². The Kier molecular flexibility index (Phi) is 4.17. The van der Waals surface area contributed by atoms with Crippen LogP contribution in [0, 0.1) is 0 Å². The second-order valence-electron chi connectivity index (χ2n) is 1.72. The van der Waals surface area contributed by atoms with Crippen LogP contribution in [0.1, 0.15) is 0 Å². The van der Waals surface area contributed by atoms with Gasteiger partial charge in [0.25, 0.3) is 11.8 Å². The number of amides is 2. The number of carbonyl (C=O) groups is 2. The van der Waals surface area contributed by atoms with Crippen molar-refractivity contribution in [3.8, 4) is 0 Å². The Balaban J connectivity index is 0.000001000. The molecule has 0 aliphatic carbocycles. The summed E-state index contributed by atoms with van der Waals surface area (Å²) >= 11 is 0. The molecule has 0 fully saturated rings. The fraction of sp³-hybridized carbons (Fsp3) is 0.200. The Bertz CT molecular complexity index is 236. The molecule has 0 spiro atoms. The number of nitrogens with zero attached hydrogens (tertiary/aromatic N) is 2. The van der Waals surface area contributed by atoms with Crippen LogP contribution in [0.25, 0.3) is 0 Å². The molecule has 2 N–H and O–H groups in total. The van der Waals surface area contributed by atoms with Gasteiger partial charge in [-0.3, -0.25) is 14.6 Å². The molecule has 1 rings (SSSR count). The number of hydrogen-bond donors (Lipinski definition) is 1. The van der Waals surface area contributed by atoms with E-state index < -0.39 is 17.9 Å². The Morgan fingerprint density at radius 3 is 2.55 bits per heavy atom. The predicted octanol–water partition coefficient (Wildman–Crippen LogP) is -4.47. The first-order valence-electron chi connectivity index (χ1n) is 2.61. The van der Waals surface area contributed by atoms with Gasteiger partial charge in [0.1, 0.15) is 0 Å². The van der Waals surface area contributed by atoms with E-state index in [0.29, 0.717) is 0 Å². The van der Waals surface area contributed by atoms with Crippen LogP contribution in [0.3, 0.4) is 0 Å². The molecule has 0 bridgehead atoms. The summed E-state index contributed by atoms with van der Waals surface area (Å²) in [6, 6.07) is -1.11. The van der Waals surface area contributed by atoms with Gasteiger partial charge in [-0.25, -0.2) is 4.99 Å². The zero-order valence-electron chi connectivity index (χ0n) is 6.02. The summed E-state index contributed by atoms with van der Waals surface area (Å²) in [5.74, 6) is -1.37. The van der Waals surface area contributed by atoms with Gasteiger partial charge in [0, 0.05) is 12.4 Å². The first-order chi connectivity index (χ1) is 4.72. The van der Waals surface area contributed by atoms with E-state index in [4.69, 9.17) is 5.73 Å². The van der Waals surface area contributed by atoms with Crippen molar-refractivity contribution in [1.29, 1.82) is 0 Å². The summed E-state index contributed by atoms with van der Waals surface area (Å²) in [6.07, 6.45) is 2.50. The molecule has 1 aliphatic heterocycles. The average Bonchev–Trinajstić information content (AvgIpc) is 1.88. The molecule has 1 unspecified atom stereocenters. The molecule has 0 saturated heterocycles. The summed E-state index contributed by atoms with van der Waals surface area (Å²) in [6.45, 7) is 0. The zero-order valence-corrected chi connectivity index (χ0v) is 8.02. The molecule has 0 aromatic rings. The van der Waals surface area contributed by atoms with E-state index in [0.717, 1.165) is 0 Å². The van der Waals surface area contributed by atoms with Crippen molar-refractivity contribution >= 4 is 24.2 Å². The predicted molar refractivity (Wildman–Crippen MR) is 35.0 cm³/mol. The maximum absolute atomic E-state index is 10.6. The number of aliphatic imine (C=N–C) groups is 2. The van der Waals surface area contributed by atoms with Crippen molar-refractivity contribution in [2.45, 2.75) is 6.04 Å². The average molecular weight is 162 g/mol. The molecule has 1 heterocycles. The van der Waals surface area contributed by atoms with Gasteiger partial charge in [-0.2, -0.15) is 0 Å². The second kappa shape index (κ2) is 4.38. The SMILES string of the molecule is NC(=O)C1N=CC=NC1=O.[Na+]. The number of primary amides is 1.